The van der Waals surface area contributed by atoms with Crippen LogP contribution in [-0.4, -0.2) is 18.9 Å². The number of ether oxygens (including phenoxy) is 1. The topological polar surface area (TPSA) is 85.2 Å². The first-order valence-electron chi connectivity index (χ1n) is 12.0. The third-order valence-corrected chi connectivity index (χ3v) is 6.42. The van der Waals surface area contributed by atoms with Crippen molar-refractivity contribution in [1.82, 2.24) is 18.9 Å². The van der Waals surface area contributed by atoms with Crippen LogP contribution in [0.1, 0.15) is 43.3 Å². The fraction of sp³-hybridized carbons (Fsp3) is 0.200. The van der Waals surface area contributed by atoms with Crippen LogP contribution >= 0.6 is 0 Å². The average molecular weight is 490 g/mol. The van der Waals surface area contributed by atoms with Gasteiger partial charge in [0.2, 0.25) is 5.88 Å². The number of aromatic nitrogens is 4. The molecule has 0 radical (unpaired) electrons. The van der Waals surface area contributed by atoms with Crippen LogP contribution in [0.25, 0.3) is 28.3 Å². The Bertz CT molecular complexity index is 1780. The molecular formula is C30H27N5O2. The van der Waals surface area contributed by atoms with E-state index < -0.39 is 0 Å². The molecule has 2 aromatic carbocycles. The van der Waals surface area contributed by atoms with E-state index in [1.54, 1.807) is 12.3 Å². The van der Waals surface area contributed by atoms with E-state index in [0.29, 0.717) is 17.2 Å². The van der Waals surface area contributed by atoms with Crippen LogP contribution < -0.4 is 10.3 Å². The van der Waals surface area contributed by atoms with Gasteiger partial charge in [-0.2, -0.15) is 10.2 Å². The van der Waals surface area contributed by atoms with Crippen LogP contribution in [0, 0.1) is 18.3 Å². The Balaban J connectivity index is 1.70. The van der Waals surface area contributed by atoms with Gasteiger partial charge < -0.3 is 9.30 Å². The summed E-state index contributed by atoms with van der Waals surface area (Å²) in [5.41, 5.74) is 4.21. The molecule has 0 saturated heterocycles. The number of para-hydroxylation sites is 2. The van der Waals surface area contributed by atoms with E-state index in [2.05, 4.69) is 31.8 Å². The van der Waals surface area contributed by atoms with E-state index >= 15 is 0 Å². The van der Waals surface area contributed by atoms with Gasteiger partial charge in [0, 0.05) is 13.2 Å². The summed E-state index contributed by atoms with van der Waals surface area (Å²) in [7, 11) is 1.85. The zero-order chi connectivity index (χ0) is 26.3. The molecule has 3 heterocycles. The molecule has 0 N–H and O–H groups in total. The van der Waals surface area contributed by atoms with Crippen molar-refractivity contribution in [2.75, 3.05) is 0 Å². The number of allylic oxidation sites excluding steroid dienone is 1. The molecule has 0 saturated carbocycles. The summed E-state index contributed by atoms with van der Waals surface area (Å²) >= 11 is 0. The van der Waals surface area contributed by atoms with E-state index in [-0.39, 0.29) is 28.0 Å². The van der Waals surface area contributed by atoms with Gasteiger partial charge in [-0.05, 0) is 59.9 Å². The predicted octanol–water partition coefficient (Wildman–Crippen LogP) is 6.04. The molecule has 0 aliphatic carbocycles. The monoisotopic (exact) mass is 489 g/mol. The molecular weight excluding hydrogens is 462 g/mol. The summed E-state index contributed by atoms with van der Waals surface area (Å²) in [6.07, 6.45) is 3.18. The number of hydrogen-bond donors (Lipinski definition) is 0. The molecule has 5 aromatic rings. The Morgan fingerprint density at radius 3 is 2.43 bits per heavy atom. The first-order valence-corrected chi connectivity index (χ1v) is 12.0. The lowest BCUT2D eigenvalue weighted by atomic mass is 9.87. The zero-order valence-electron chi connectivity index (χ0n) is 21.5. The summed E-state index contributed by atoms with van der Waals surface area (Å²) < 4.78 is 9.50. The molecule has 5 rings (SSSR count). The first-order chi connectivity index (χ1) is 17.7. The Kier molecular flexibility index (Phi) is 5.88. The third kappa shape index (κ3) is 4.38. The quantitative estimate of drug-likeness (QED) is 0.287. The first kappa shape index (κ1) is 24.0. The number of nitrogens with zero attached hydrogens (tertiary/aromatic N) is 5. The number of rotatable bonds is 4. The predicted molar refractivity (Wildman–Crippen MR) is 146 cm³/mol. The van der Waals surface area contributed by atoms with Crippen molar-refractivity contribution in [2.45, 2.75) is 33.1 Å². The van der Waals surface area contributed by atoms with Gasteiger partial charge in [0.05, 0.1) is 16.6 Å². The van der Waals surface area contributed by atoms with Gasteiger partial charge in [-0.3, -0.25) is 9.20 Å². The van der Waals surface area contributed by atoms with E-state index in [1.165, 1.54) is 10.5 Å². The molecule has 0 bridgehead atoms. The molecule has 0 fully saturated rings. The lowest BCUT2D eigenvalue weighted by Crippen LogP contribution is -2.19. The van der Waals surface area contributed by atoms with Crippen LogP contribution in [0.3, 0.4) is 0 Å². The fourth-order valence-electron chi connectivity index (χ4n) is 4.31. The van der Waals surface area contributed by atoms with Crippen LogP contribution in [-0.2, 0) is 12.5 Å². The minimum absolute atomic E-state index is 0.00310. The third-order valence-electron chi connectivity index (χ3n) is 6.42. The maximum Gasteiger partial charge on any atom is 0.269 e. The summed E-state index contributed by atoms with van der Waals surface area (Å²) in [6.45, 7) is 8.32. The van der Waals surface area contributed by atoms with Gasteiger partial charge in [-0.25, -0.2) is 4.98 Å². The van der Waals surface area contributed by atoms with Crippen LogP contribution in [0.5, 0.6) is 11.6 Å². The average Bonchev–Trinajstić information content (AvgIpc) is 3.21. The summed E-state index contributed by atoms with van der Waals surface area (Å²) in [6, 6.07) is 21.3. The molecule has 37 heavy (non-hydrogen) atoms. The van der Waals surface area contributed by atoms with E-state index in [1.807, 2.05) is 73.1 Å². The highest BCUT2D eigenvalue weighted by Gasteiger charge is 2.19. The van der Waals surface area contributed by atoms with Gasteiger partial charge >= 0.3 is 0 Å². The van der Waals surface area contributed by atoms with Crippen molar-refractivity contribution in [3.63, 3.8) is 0 Å². The molecule has 0 atom stereocenters. The summed E-state index contributed by atoms with van der Waals surface area (Å²) in [5, 5.41) is 10.1. The van der Waals surface area contributed by atoms with Crippen molar-refractivity contribution < 1.29 is 4.74 Å². The maximum absolute atomic E-state index is 13.7. The molecule has 7 nitrogen and oxygen atoms in total. The fourth-order valence-corrected chi connectivity index (χ4v) is 4.31. The smallest absolute Gasteiger partial charge is 0.269 e. The molecule has 7 heteroatoms. The van der Waals surface area contributed by atoms with Crippen molar-refractivity contribution >= 4 is 28.3 Å². The Morgan fingerprint density at radius 2 is 1.76 bits per heavy atom. The Morgan fingerprint density at radius 1 is 1.03 bits per heavy atom. The number of hydrogen-bond acceptors (Lipinski definition) is 5. The highest BCUT2D eigenvalue weighted by molar-refractivity contribution is 5.91. The van der Waals surface area contributed by atoms with Gasteiger partial charge in [0.25, 0.3) is 5.56 Å². The molecule has 0 aliphatic heterocycles. The van der Waals surface area contributed by atoms with E-state index in [0.717, 1.165) is 22.2 Å². The number of fused-ring (bicyclic) bond motifs is 2. The van der Waals surface area contributed by atoms with E-state index in [9.17, 15) is 10.1 Å². The largest absolute Gasteiger partial charge is 0.438 e. The Labute approximate surface area is 214 Å². The number of pyridine rings is 1. The number of aryl methyl sites for hydroxylation is 2. The van der Waals surface area contributed by atoms with Crippen molar-refractivity contribution in [1.29, 1.82) is 5.26 Å². The molecule has 0 aliphatic rings. The van der Waals surface area contributed by atoms with Gasteiger partial charge in [-0.15, -0.1) is 0 Å². The minimum atomic E-state index is -0.332. The molecule has 3 aromatic heterocycles. The van der Waals surface area contributed by atoms with E-state index in [4.69, 9.17) is 9.72 Å². The van der Waals surface area contributed by atoms with Crippen molar-refractivity contribution in [3.8, 4) is 17.7 Å². The lowest BCUT2D eigenvalue weighted by Gasteiger charge is -2.19. The van der Waals surface area contributed by atoms with Gasteiger partial charge in [0.1, 0.15) is 23.0 Å². The number of benzene rings is 2. The van der Waals surface area contributed by atoms with Crippen molar-refractivity contribution in [3.05, 3.63) is 99.7 Å². The normalized spacial score (nSPS) is 12.2. The lowest BCUT2D eigenvalue weighted by molar-refractivity contribution is 0.460. The molecule has 0 spiro atoms. The number of imidazole rings is 1. The molecule has 184 valence electrons. The van der Waals surface area contributed by atoms with Crippen molar-refractivity contribution in [2.24, 2.45) is 7.05 Å². The molecule has 0 unspecified atom stereocenters. The van der Waals surface area contributed by atoms with Crippen LogP contribution in [0.4, 0.5) is 0 Å². The summed E-state index contributed by atoms with van der Waals surface area (Å²) in [5.74, 6) is 1.14. The van der Waals surface area contributed by atoms with Crippen LogP contribution in [0.15, 0.2) is 71.7 Å². The zero-order valence-corrected chi connectivity index (χ0v) is 21.5. The maximum atomic E-state index is 13.7. The second-order valence-corrected chi connectivity index (χ2v) is 10.0. The molecule has 0 amide bonds. The highest BCUT2D eigenvalue weighted by Crippen LogP contribution is 2.29. The van der Waals surface area contributed by atoms with Crippen LogP contribution in [0.2, 0.25) is 0 Å². The SMILES string of the molecule is Cc1cccn2c(=O)c(C=C(C#N)c3nc4ccccc4n3C)c(Oc3ccc(C(C)(C)C)cc3)nc12. The minimum Gasteiger partial charge on any atom is -0.438 e. The second-order valence-electron chi connectivity index (χ2n) is 10.0. The number of nitriles is 1. The highest BCUT2D eigenvalue weighted by atomic mass is 16.5. The summed E-state index contributed by atoms with van der Waals surface area (Å²) in [4.78, 5) is 23.0. The van der Waals surface area contributed by atoms with Gasteiger partial charge in [0.15, 0.2) is 5.82 Å². The second kappa shape index (κ2) is 9.07. The van der Waals surface area contributed by atoms with Gasteiger partial charge in [-0.1, -0.05) is 51.1 Å². The standard InChI is InChI=1S/C30H27N5O2/c1-19-9-8-16-35-26(19)33-28(37-22-14-12-21(13-15-22)30(2,3)4)23(29(35)36)17-20(18-31)27-32-24-10-6-7-11-25(24)34(27)5/h6-17H,1-5H3. The Hall–Kier alpha value is -4.70.